The molecule has 2 aliphatic rings. The number of amides is 2. The first-order valence-corrected chi connectivity index (χ1v) is 15.9. The Morgan fingerprint density at radius 3 is 1.80 bits per heavy atom. The van der Waals surface area contributed by atoms with E-state index in [4.69, 9.17) is 9.47 Å². The van der Waals surface area contributed by atoms with Crippen LogP contribution in [0.5, 0.6) is 11.5 Å². The van der Waals surface area contributed by atoms with E-state index in [1.54, 1.807) is 17.0 Å². The van der Waals surface area contributed by atoms with Gasteiger partial charge in [0.05, 0.1) is 12.1 Å². The topological polar surface area (TPSA) is 99.5 Å². The highest BCUT2D eigenvalue weighted by molar-refractivity contribution is 5.69. The molecule has 2 N–H and O–H groups in total. The number of rotatable bonds is 5. The van der Waals surface area contributed by atoms with E-state index in [0.29, 0.717) is 31.5 Å². The molecule has 0 spiro atoms. The number of carbonyl (C=O) groups excluding carboxylic acids is 1. The number of carbonyl (C=O) groups is 2. The number of benzene rings is 3. The Kier molecular flexibility index (Phi) is 11.4. The lowest BCUT2D eigenvalue weighted by atomic mass is 9.90. The van der Waals surface area contributed by atoms with Gasteiger partial charge in [-0.25, -0.2) is 9.59 Å². The van der Waals surface area contributed by atoms with Crippen LogP contribution in [0.4, 0.5) is 9.59 Å². The van der Waals surface area contributed by atoms with Gasteiger partial charge < -0.3 is 29.5 Å². The average Bonchev–Trinajstić information content (AvgIpc) is 3.01. The second-order valence-electron chi connectivity index (χ2n) is 13.4. The molecule has 0 radical (unpaired) electrons. The van der Waals surface area contributed by atoms with Crippen LogP contribution in [0.1, 0.15) is 89.1 Å². The number of hydrogen-bond acceptors (Lipinski definition) is 5. The van der Waals surface area contributed by atoms with E-state index in [-0.39, 0.29) is 23.9 Å². The van der Waals surface area contributed by atoms with Crippen LogP contribution >= 0.6 is 0 Å². The second kappa shape index (κ2) is 15.2. The van der Waals surface area contributed by atoms with Crippen LogP contribution in [0, 0.1) is 11.8 Å². The van der Waals surface area contributed by atoms with E-state index >= 15 is 0 Å². The molecule has 0 aromatic heterocycles. The van der Waals surface area contributed by atoms with E-state index in [9.17, 15) is 19.8 Å². The van der Waals surface area contributed by atoms with Crippen molar-refractivity contribution in [2.24, 2.45) is 11.8 Å². The third-order valence-electron chi connectivity index (χ3n) is 8.30. The molecule has 4 unspecified atom stereocenters. The van der Waals surface area contributed by atoms with Crippen LogP contribution in [-0.4, -0.2) is 50.9 Å². The number of likely N-dealkylation sites (tertiary alicyclic amines) is 2. The van der Waals surface area contributed by atoms with Gasteiger partial charge in [0.25, 0.3) is 0 Å². The lowest BCUT2D eigenvalue weighted by molar-refractivity contribution is 0.00362. The predicted molar refractivity (Wildman–Crippen MR) is 175 cm³/mol. The Bertz CT molecular complexity index is 1370. The molecular formula is C37H48N2O6. The third kappa shape index (κ3) is 9.90. The van der Waals surface area contributed by atoms with Crippen molar-refractivity contribution < 1.29 is 29.3 Å². The third-order valence-corrected chi connectivity index (χ3v) is 8.30. The molecule has 5 rings (SSSR count). The second-order valence-corrected chi connectivity index (χ2v) is 13.4. The number of piperidine rings is 2. The van der Waals surface area contributed by atoms with Gasteiger partial charge in [0.15, 0.2) is 0 Å². The Balaban J connectivity index is 0.000000207. The largest absolute Gasteiger partial charge is 0.508 e. The smallest absolute Gasteiger partial charge is 0.410 e. The lowest BCUT2D eigenvalue weighted by Gasteiger charge is -2.39. The van der Waals surface area contributed by atoms with Crippen molar-refractivity contribution in [3.63, 3.8) is 0 Å². The molecular weight excluding hydrogens is 568 g/mol. The molecule has 3 aromatic carbocycles. The van der Waals surface area contributed by atoms with Gasteiger partial charge in [0, 0.05) is 13.1 Å². The summed E-state index contributed by atoms with van der Waals surface area (Å²) < 4.78 is 11.3. The first-order valence-electron chi connectivity index (χ1n) is 15.9. The lowest BCUT2D eigenvalue weighted by Crippen LogP contribution is -2.44. The number of hydrogen-bond donors (Lipinski definition) is 2. The molecule has 242 valence electrons. The number of phenols is 1. The van der Waals surface area contributed by atoms with Crippen molar-refractivity contribution in [2.45, 2.75) is 84.6 Å². The Morgan fingerprint density at radius 1 is 0.756 bits per heavy atom. The summed E-state index contributed by atoms with van der Waals surface area (Å²) in [6, 6.07) is 24.9. The molecule has 2 amide bonds. The zero-order chi connectivity index (χ0) is 32.6. The van der Waals surface area contributed by atoms with Gasteiger partial charge in [-0.1, -0.05) is 68.4 Å². The maximum atomic E-state index is 12.5. The van der Waals surface area contributed by atoms with Crippen molar-refractivity contribution in [1.29, 1.82) is 0 Å². The van der Waals surface area contributed by atoms with Gasteiger partial charge in [-0.15, -0.1) is 0 Å². The summed E-state index contributed by atoms with van der Waals surface area (Å²) in [5, 5.41) is 18.9. The van der Waals surface area contributed by atoms with Crippen LogP contribution in [-0.2, 0) is 11.3 Å². The molecule has 0 saturated carbocycles. The Hall–Kier alpha value is -4.20. The number of ether oxygens (including phenoxy) is 2. The molecule has 4 atom stereocenters. The van der Waals surface area contributed by atoms with Gasteiger partial charge >= 0.3 is 12.2 Å². The molecule has 2 saturated heterocycles. The van der Waals surface area contributed by atoms with Gasteiger partial charge in [-0.3, -0.25) is 0 Å². The summed E-state index contributed by atoms with van der Waals surface area (Å²) in [6.45, 7) is 11.8. The Morgan fingerprint density at radius 2 is 1.27 bits per heavy atom. The summed E-state index contributed by atoms with van der Waals surface area (Å²) >= 11 is 0. The van der Waals surface area contributed by atoms with E-state index in [1.165, 1.54) is 0 Å². The first-order chi connectivity index (χ1) is 21.4. The zero-order valence-corrected chi connectivity index (χ0v) is 27.2. The molecule has 0 bridgehead atoms. The Labute approximate surface area is 267 Å². The molecule has 45 heavy (non-hydrogen) atoms. The van der Waals surface area contributed by atoms with Crippen LogP contribution in [0.25, 0.3) is 0 Å². The fourth-order valence-corrected chi connectivity index (χ4v) is 5.96. The highest BCUT2D eigenvalue weighted by Gasteiger charge is 2.34. The summed E-state index contributed by atoms with van der Waals surface area (Å²) in [5.74, 6) is 1.94. The van der Waals surface area contributed by atoms with Gasteiger partial charge in [-0.2, -0.15) is 0 Å². The van der Waals surface area contributed by atoms with Crippen LogP contribution in [0.15, 0.2) is 78.9 Å². The van der Waals surface area contributed by atoms with Gasteiger partial charge in [0.2, 0.25) is 0 Å². The van der Waals surface area contributed by atoms with Crippen molar-refractivity contribution in [3.8, 4) is 11.5 Å². The van der Waals surface area contributed by atoms with Crippen molar-refractivity contribution in [1.82, 2.24) is 9.80 Å². The van der Waals surface area contributed by atoms with Crippen molar-refractivity contribution >= 4 is 12.2 Å². The normalized spacial score (nSPS) is 21.7. The summed E-state index contributed by atoms with van der Waals surface area (Å²) in [5.41, 5.74) is 2.72. The minimum atomic E-state index is -0.837. The summed E-state index contributed by atoms with van der Waals surface area (Å²) in [7, 11) is 0. The van der Waals surface area contributed by atoms with E-state index in [1.807, 2.05) is 92.4 Å². The molecule has 2 fully saturated rings. The maximum absolute atomic E-state index is 12.5. The van der Waals surface area contributed by atoms with E-state index in [2.05, 4.69) is 13.8 Å². The highest BCUT2D eigenvalue weighted by atomic mass is 16.6. The highest BCUT2D eigenvalue weighted by Crippen LogP contribution is 2.36. The molecule has 2 aliphatic heterocycles. The molecule has 0 aliphatic carbocycles. The monoisotopic (exact) mass is 616 g/mol. The summed E-state index contributed by atoms with van der Waals surface area (Å²) in [6.07, 6.45) is 2.84. The summed E-state index contributed by atoms with van der Waals surface area (Å²) in [4.78, 5) is 27.4. The average molecular weight is 617 g/mol. The molecule has 3 aromatic rings. The van der Waals surface area contributed by atoms with Crippen LogP contribution < -0.4 is 4.74 Å². The SMILES string of the molecule is CC1CCC(c2ccc(O)cc2)N(C(=O)OC(C)(C)C)C1.CC1CCC(c2ccc(OCc3ccccc3)cc2)N(C(=O)O)C1. The maximum Gasteiger partial charge on any atom is 0.410 e. The number of phenolic OH excluding ortho intramolecular Hbond substituents is 1. The van der Waals surface area contributed by atoms with Gasteiger partial charge in [0.1, 0.15) is 23.7 Å². The number of carboxylic acid groups (broad SMARTS) is 1. The predicted octanol–water partition coefficient (Wildman–Crippen LogP) is 8.82. The fourth-order valence-electron chi connectivity index (χ4n) is 5.96. The standard InChI is InChI=1S/C20H23NO3.C17H25NO3/c1-15-7-12-19(21(13-15)20(22)23)17-8-10-18(11-9-17)24-14-16-5-3-2-4-6-16;1-12-5-10-15(13-6-8-14(19)9-7-13)18(11-12)16(20)21-17(2,3)4/h2-6,8-11,15,19H,7,12-14H2,1H3,(H,22,23);6-9,12,15,19H,5,10-11H2,1-4H3. The molecule has 8 heteroatoms. The molecule has 8 nitrogen and oxygen atoms in total. The minimum absolute atomic E-state index is 0.0247. The molecule has 2 heterocycles. The fraction of sp³-hybridized carbons (Fsp3) is 0.459. The van der Waals surface area contributed by atoms with E-state index in [0.717, 1.165) is 48.1 Å². The zero-order valence-electron chi connectivity index (χ0n) is 27.2. The van der Waals surface area contributed by atoms with Crippen molar-refractivity contribution in [3.05, 3.63) is 95.6 Å². The van der Waals surface area contributed by atoms with Crippen LogP contribution in [0.3, 0.4) is 0 Å². The van der Waals surface area contributed by atoms with Crippen molar-refractivity contribution in [2.75, 3.05) is 13.1 Å². The number of aromatic hydroxyl groups is 1. The quantitative estimate of drug-likeness (QED) is 0.297. The van der Waals surface area contributed by atoms with Gasteiger partial charge in [-0.05, 0) is 99.2 Å². The van der Waals surface area contributed by atoms with E-state index < -0.39 is 11.7 Å². The van der Waals surface area contributed by atoms with Crippen LogP contribution in [0.2, 0.25) is 0 Å². The number of nitrogens with zero attached hydrogens (tertiary/aromatic N) is 2. The first kappa shape index (κ1) is 33.7. The minimum Gasteiger partial charge on any atom is -0.508 e.